The van der Waals surface area contributed by atoms with Gasteiger partial charge in [-0.05, 0) is 40.2 Å². The monoisotopic (exact) mass is 276 g/mol. The van der Waals surface area contributed by atoms with E-state index >= 15 is 0 Å². The van der Waals surface area contributed by atoms with Gasteiger partial charge in [-0.1, -0.05) is 29.3 Å². The fraction of sp³-hybridized carbons (Fsp3) is 0.143. The third-order valence-electron chi connectivity index (χ3n) is 1.35. The molecule has 1 aromatic carbocycles. The highest BCUT2D eigenvalue weighted by Gasteiger charge is 2.14. The molecule has 72 valence electrons. The molecule has 0 unspecified atom stereocenters. The van der Waals surface area contributed by atoms with Crippen LogP contribution in [-0.4, -0.2) is 0 Å². The summed E-state index contributed by atoms with van der Waals surface area (Å²) in [5.41, 5.74) is 0.711. The Kier molecular flexibility index (Phi) is 3.97. The van der Waals surface area contributed by atoms with E-state index in [-0.39, 0.29) is 6.16 Å². The third-order valence-corrected chi connectivity index (χ3v) is 3.54. The van der Waals surface area contributed by atoms with Crippen molar-refractivity contribution >= 4 is 51.5 Å². The van der Waals surface area contributed by atoms with E-state index in [1.165, 1.54) is 0 Å². The summed E-state index contributed by atoms with van der Waals surface area (Å²) in [7, 11) is 0. The van der Waals surface area contributed by atoms with Crippen LogP contribution in [0.15, 0.2) is 18.2 Å². The molecule has 0 spiro atoms. The zero-order valence-corrected chi connectivity index (χ0v) is 10.2. The summed E-state index contributed by atoms with van der Waals surface area (Å²) in [4.78, 5) is 0. The number of hydrogen-bond donors (Lipinski definition) is 0. The lowest BCUT2D eigenvalue weighted by Crippen LogP contribution is -1.80. The van der Waals surface area contributed by atoms with Crippen molar-refractivity contribution < 1.29 is 4.57 Å². The molecule has 0 radical (unpaired) electrons. The highest BCUT2D eigenvalue weighted by molar-refractivity contribution is 8.08. The van der Waals surface area contributed by atoms with E-state index in [0.717, 1.165) is 0 Å². The smallest absolute Gasteiger partial charge is 0.257 e. The topological polar surface area (TPSA) is 17.1 Å². The molecule has 0 aromatic heterocycles. The van der Waals surface area contributed by atoms with Crippen molar-refractivity contribution in [3.8, 4) is 0 Å². The second-order valence-corrected chi connectivity index (χ2v) is 8.54. The maximum atomic E-state index is 11.0. The van der Waals surface area contributed by atoms with Gasteiger partial charge in [-0.2, -0.15) is 0 Å². The molecule has 0 N–H and O–H groups in total. The molecule has 0 amide bonds. The van der Waals surface area contributed by atoms with Crippen LogP contribution in [0.5, 0.6) is 0 Å². The second-order valence-electron chi connectivity index (χ2n) is 2.48. The maximum absolute atomic E-state index is 11.0. The first kappa shape index (κ1) is 11.7. The Labute approximate surface area is 95.9 Å². The summed E-state index contributed by atoms with van der Waals surface area (Å²) in [5, 5.41) is 0.852. The van der Waals surface area contributed by atoms with Crippen LogP contribution < -0.4 is 0 Å². The molecule has 0 aliphatic rings. The van der Waals surface area contributed by atoms with E-state index in [1.807, 2.05) is 0 Å². The van der Waals surface area contributed by atoms with Gasteiger partial charge in [0.15, 0.2) is 0 Å². The van der Waals surface area contributed by atoms with Gasteiger partial charge in [0.1, 0.15) is 0 Å². The van der Waals surface area contributed by atoms with Crippen molar-refractivity contribution in [2.24, 2.45) is 0 Å². The average Bonchev–Trinajstić information content (AvgIpc) is 1.94. The predicted molar refractivity (Wildman–Crippen MR) is 59.5 cm³/mol. The van der Waals surface area contributed by atoms with Gasteiger partial charge in [-0.25, -0.2) is 0 Å². The minimum absolute atomic E-state index is 0.104. The molecule has 0 bridgehead atoms. The van der Waals surface area contributed by atoms with E-state index in [1.54, 1.807) is 18.2 Å². The van der Waals surface area contributed by atoms with Crippen LogP contribution >= 0.6 is 51.5 Å². The Morgan fingerprint density at radius 3 is 2.23 bits per heavy atom. The SMILES string of the molecule is O=P(Cl)(Cl)Cc1ccc(Cl)c(Cl)c1. The quantitative estimate of drug-likeness (QED) is 0.682. The lowest BCUT2D eigenvalue weighted by atomic mass is 10.2. The molecule has 1 nitrogen and oxygen atoms in total. The van der Waals surface area contributed by atoms with Gasteiger partial charge in [0, 0.05) is 0 Å². The predicted octanol–water partition coefficient (Wildman–Crippen LogP) is 5.16. The average molecular weight is 278 g/mol. The second kappa shape index (κ2) is 4.42. The number of rotatable bonds is 2. The minimum Gasteiger partial charge on any atom is -0.289 e. The van der Waals surface area contributed by atoms with Crippen LogP contribution in [0.4, 0.5) is 0 Å². The Balaban J connectivity index is 2.92. The number of hydrogen-bond acceptors (Lipinski definition) is 1. The van der Waals surface area contributed by atoms with E-state index in [4.69, 9.17) is 45.7 Å². The summed E-state index contributed by atoms with van der Waals surface area (Å²) in [6.45, 7) is 0. The molecule has 0 heterocycles. The third kappa shape index (κ3) is 4.10. The highest BCUT2D eigenvalue weighted by atomic mass is 35.9. The first-order valence-electron chi connectivity index (χ1n) is 3.31. The Morgan fingerprint density at radius 1 is 1.15 bits per heavy atom. The molecular weight excluding hydrogens is 273 g/mol. The summed E-state index contributed by atoms with van der Waals surface area (Å²) >= 11 is 22.2. The van der Waals surface area contributed by atoms with Crippen LogP contribution in [0.2, 0.25) is 10.0 Å². The molecule has 0 saturated carbocycles. The number of benzene rings is 1. The van der Waals surface area contributed by atoms with Gasteiger partial charge >= 0.3 is 0 Å². The summed E-state index contributed by atoms with van der Waals surface area (Å²) in [6, 6.07) is 4.90. The summed E-state index contributed by atoms with van der Waals surface area (Å²) in [5.74, 6) is -3.08. The standard InChI is InChI=1S/C7H5Cl4OP/c8-6-2-1-5(3-7(6)9)4-13(10,11)12/h1-3H,4H2. The van der Waals surface area contributed by atoms with Crippen LogP contribution in [0, 0.1) is 0 Å². The normalized spacial score (nSPS) is 11.7. The largest absolute Gasteiger partial charge is 0.289 e. The van der Waals surface area contributed by atoms with Gasteiger partial charge in [0.05, 0.1) is 16.2 Å². The van der Waals surface area contributed by atoms with Crippen LogP contribution in [0.1, 0.15) is 5.56 Å². The van der Waals surface area contributed by atoms with E-state index in [0.29, 0.717) is 15.6 Å². The van der Waals surface area contributed by atoms with Crippen molar-refractivity contribution in [1.82, 2.24) is 0 Å². The molecule has 0 aliphatic heterocycles. The van der Waals surface area contributed by atoms with Crippen molar-refractivity contribution in [1.29, 1.82) is 0 Å². The summed E-state index contributed by atoms with van der Waals surface area (Å²) < 4.78 is 11.0. The highest BCUT2D eigenvalue weighted by Crippen LogP contribution is 2.59. The first-order valence-corrected chi connectivity index (χ1v) is 7.76. The van der Waals surface area contributed by atoms with Gasteiger partial charge < -0.3 is 0 Å². The lowest BCUT2D eigenvalue weighted by Gasteiger charge is -2.03. The molecular formula is C7H5Cl4OP. The zero-order chi connectivity index (χ0) is 10.1. The van der Waals surface area contributed by atoms with Crippen LogP contribution in [-0.2, 0) is 10.7 Å². The van der Waals surface area contributed by atoms with Crippen LogP contribution in [0.25, 0.3) is 0 Å². The summed E-state index contributed by atoms with van der Waals surface area (Å²) in [6.07, 6.45) is 0.104. The van der Waals surface area contributed by atoms with Gasteiger partial charge in [-0.3, -0.25) is 4.57 Å². The maximum Gasteiger partial charge on any atom is 0.257 e. The molecule has 13 heavy (non-hydrogen) atoms. The number of halogens is 4. The van der Waals surface area contributed by atoms with Gasteiger partial charge in [0.25, 0.3) is 5.85 Å². The molecule has 0 fully saturated rings. The molecule has 0 saturated heterocycles. The lowest BCUT2D eigenvalue weighted by molar-refractivity contribution is 0.592. The van der Waals surface area contributed by atoms with Crippen molar-refractivity contribution in [3.63, 3.8) is 0 Å². The Morgan fingerprint density at radius 2 is 1.77 bits per heavy atom. The van der Waals surface area contributed by atoms with Gasteiger partial charge in [0.2, 0.25) is 0 Å². The Bertz CT molecular complexity index is 360. The molecule has 0 atom stereocenters. The van der Waals surface area contributed by atoms with Crippen molar-refractivity contribution in [2.45, 2.75) is 6.16 Å². The van der Waals surface area contributed by atoms with E-state index < -0.39 is 5.85 Å². The van der Waals surface area contributed by atoms with Crippen molar-refractivity contribution in [3.05, 3.63) is 33.8 Å². The molecule has 1 rings (SSSR count). The minimum atomic E-state index is -3.08. The fourth-order valence-corrected chi connectivity index (χ4v) is 2.62. The zero-order valence-electron chi connectivity index (χ0n) is 6.31. The van der Waals surface area contributed by atoms with Crippen molar-refractivity contribution in [2.75, 3.05) is 0 Å². The van der Waals surface area contributed by atoms with Gasteiger partial charge in [-0.15, -0.1) is 0 Å². The first-order chi connectivity index (χ1) is 5.88. The van der Waals surface area contributed by atoms with E-state index in [9.17, 15) is 4.57 Å². The molecule has 6 heteroatoms. The Hall–Kier alpha value is 0.610. The van der Waals surface area contributed by atoms with E-state index in [2.05, 4.69) is 0 Å². The van der Waals surface area contributed by atoms with Crippen LogP contribution in [0.3, 0.4) is 0 Å². The fourth-order valence-electron chi connectivity index (χ4n) is 0.851. The molecule has 0 aliphatic carbocycles. The molecule has 1 aromatic rings.